The second-order valence-corrected chi connectivity index (χ2v) is 4.75. The van der Waals surface area contributed by atoms with Gasteiger partial charge in [-0.3, -0.25) is 4.90 Å². The minimum absolute atomic E-state index is 0.260. The van der Waals surface area contributed by atoms with E-state index in [1.807, 2.05) is 0 Å². The summed E-state index contributed by atoms with van der Waals surface area (Å²) in [4.78, 5) is 2.99. The van der Waals surface area contributed by atoms with Crippen LogP contribution in [0.3, 0.4) is 0 Å². The standard InChI is InChI=1S/C10H20N2OS/c1-8(7-13)6-12(9-2-3-9)5-4-10(11)14/h8-9,13H,2-7H2,1H3,(H2,11,14). The first-order valence-electron chi connectivity index (χ1n) is 5.26. The summed E-state index contributed by atoms with van der Waals surface area (Å²) in [5.41, 5.74) is 5.48. The Bertz CT molecular complexity index is 195. The molecule has 0 aliphatic heterocycles. The number of aliphatic hydroxyl groups excluding tert-OH is 1. The Kier molecular flexibility index (Phi) is 4.78. The van der Waals surface area contributed by atoms with Crippen LogP contribution in [0.2, 0.25) is 0 Å². The van der Waals surface area contributed by atoms with Crippen molar-refractivity contribution >= 4 is 17.2 Å². The first-order chi connectivity index (χ1) is 6.63. The molecule has 0 radical (unpaired) electrons. The number of hydrogen-bond acceptors (Lipinski definition) is 3. The second kappa shape index (κ2) is 5.63. The summed E-state index contributed by atoms with van der Waals surface area (Å²) in [6.45, 7) is 4.24. The predicted octanol–water partition coefficient (Wildman–Crippen LogP) is 0.755. The third kappa shape index (κ3) is 4.35. The van der Waals surface area contributed by atoms with E-state index in [4.69, 9.17) is 23.1 Å². The molecule has 1 unspecified atom stereocenters. The van der Waals surface area contributed by atoms with Crippen molar-refractivity contribution in [1.29, 1.82) is 0 Å². The van der Waals surface area contributed by atoms with Gasteiger partial charge >= 0.3 is 0 Å². The van der Waals surface area contributed by atoms with Crippen LogP contribution in [0.15, 0.2) is 0 Å². The van der Waals surface area contributed by atoms with E-state index in [0.29, 0.717) is 10.9 Å². The molecule has 0 aromatic carbocycles. The fraction of sp³-hybridized carbons (Fsp3) is 0.900. The first-order valence-corrected chi connectivity index (χ1v) is 5.67. The molecule has 1 atom stereocenters. The van der Waals surface area contributed by atoms with Crippen LogP contribution in [0, 0.1) is 5.92 Å². The van der Waals surface area contributed by atoms with Gasteiger partial charge in [-0.05, 0) is 18.8 Å². The quantitative estimate of drug-likeness (QED) is 0.617. The fourth-order valence-corrected chi connectivity index (χ4v) is 1.67. The van der Waals surface area contributed by atoms with Gasteiger partial charge in [-0.1, -0.05) is 19.1 Å². The number of aliphatic hydroxyl groups is 1. The molecule has 0 amide bonds. The highest BCUT2D eigenvalue weighted by Crippen LogP contribution is 2.27. The lowest BCUT2D eigenvalue weighted by Crippen LogP contribution is -2.34. The number of nitrogens with zero attached hydrogens (tertiary/aromatic N) is 1. The molecule has 4 heteroatoms. The van der Waals surface area contributed by atoms with Gasteiger partial charge in [0.05, 0.1) is 4.99 Å². The van der Waals surface area contributed by atoms with Gasteiger partial charge in [0, 0.05) is 32.2 Å². The molecule has 0 aromatic rings. The van der Waals surface area contributed by atoms with Crippen molar-refractivity contribution in [1.82, 2.24) is 4.90 Å². The maximum atomic E-state index is 8.99. The first kappa shape index (κ1) is 11.9. The zero-order chi connectivity index (χ0) is 10.6. The lowest BCUT2D eigenvalue weighted by atomic mass is 10.2. The number of hydrogen-bond donors (Lipinski definition) is 2. The van der Waals surface area contributed by atoms with Crippen molar-refractivity contribution in [2.45, 2.75) is 32.2 Å². The number of rotatable bonds is 7. The van der Waals surface area contributed by atoms with E-state index in [-0.39, 0.29) is 6.61 Å². The Morgan fingerprint density at radius 1 is 1.64 bits per heavy atom. The predicted molar refractivity (Wildman–Crippen MR) is 62.2 cm³/mol. The highest BCUT2D eigenvalue weighted by atomic mass is 32.1. The normalized spacial score (nSPS) is 18.5. The average Bonchev–Trinajstić information content (AvgIpc) is 2.94. The molecular weight excluding hydrogens is 196 g/mol. The highest BCUT2D eigenvalue weighted by Gasteiger charge is 2.29. The summed E-state index contributed by atoms with van der Waals surface area (Å²) in [6.07, 6.45) is 3.37. The summed E-state index contributed by atoms with van der Waals surface area (Å²) in [6, 6.07) is 0.721. The van der Waals surface area contributed by atoms with Crippen LogP contribution < -0.4 is 5.73 Å². The molecule has 1 saturated carbocycles. The van der Waals surface area contributed by atoms with Gasteiger partial charge in [-0.2, -0.15) is 0 Å². The van der Waals surface area contributed by atoms with Gasteiger partial charge in [0.15, 0.2) is 0 Å². The van der Waals surface area contributed by atoms with Crippen LogP contribution in [-0.4, -0.2) is 40.7 Å². The van der Waals surface area contributed by atoms with Gasteiger partial charge in [-0.25, -0.2) is 0 Å². The van der Waals surface area contributed by atoms with Crippen molar-refractivity contribution in [3.63, 3.8) is 0 Å². The zero-order valence-corrected chi connectivity index (χ0v) is 9.59. The highest BCUT2D eigenvalue weighted by molar-refractivity contribution is 7.80. The lowest BCUT2D eigenvalue weighted by molar-refractivity contribution is 0.170. The van der Waals surface area contributed by atoms with Crippen LogP contribution in [0.5, 0.6) is 0 Å². The third-order valence-electron chi connectivity index (χ3n) is 2.57. The van der Waals surface area contributed by atoms with Crippen LogP contribution in [0.4, 0.5) is 0 Å². The number of thiocarbonyl (C=S) groups is 1. The maximum Gasteiger partial charge on any atom is 0.0740 e. The fourth-order valence-electron chi connectivity index (χ4n) is 1.57. The molecule has 3 nitrogen and oxygen atoms in total. The minimum Gasteiger partial charge on any atom is -0.396 e. The molecule has 0 spiro atoms. The van der Waals surface area contributed by atoms with Crippen molar-refractivity contribution < 1.29 is 5.11 Å². The second-order valence-electron chi connectivity index (χ2n) is 4.23. The minimum atomic E-state index is 0.260. The zero-order valence-electron chi connectivity index (χ0n) is 8.78. The van der Waals surface area contributed by atoms with Gasteiger partial charge in [0.2, 0.25) is 0 Å². The van der Waals surface area contributed by atoms with Crippen molar-refractivity contribution in [2.75, 3.05) is 19.7 Å². The summed E-state index contributed by atoms with van der Waals surface area (Å²) in [5, 5.41) is 8.99. The SMILES string of the molecule is CC(CO)CN(CCC(N)=S)C1CC1. The van der Waals surface area contributed by atoms with E-state index in [1.54, 1.807) is 0 Å². The third-order valence-corrected chi connectivity index (χ3v) is 2.77. The molecule has 0 saturated heterocycles. The molecule has 14 heavy (non-hydrogen) atoms. The Balaban J connectivity index is 2.27. The Hall–Kier alpha value is -0.190. The summed E-state index contributed by atoms with van der Waals surface area (Å²) < 4.78 is 0. The molecule has 3 N–H and O–H groups in total. The molecule has 1 aliphatic carbocycles. The van der Waals surface area contributed by atoms with Gasteiger partial charge in [0.25, 0.3) is 0 Å². The largest absolute Gasteiger partial charge is 0.396 e. The van der Waals surface area contributed by atoms with E-state index in [0.717, 1.165) is 25.6 Å². The lowest BCUT2D eigenvalue weighted by Gasteiger charge is -2.24. The monoisotopic (exact) mass is 216 g/mol. The van der Waals surface area contributed by atoms with Crippen molar-refractivity contribution in [3.05, 3.63) is 0 Å². The summed E-state index contributed by atoms with van der Waals surface area (Å²) in [7, 11) is 0. The molecule has 1 fully saturated rings. The van der Waals surface area contributed by atoms with Crippen LogP contribution >= 0.6 is 12.2 Å². The van der Waals surface area contributed by atoms with E-state index in [1.165, 1.54) is 12.8 Å². The van der Waals surface area contributed by atoms with E-state index >= 15 is 0 Å². The smallest absolute Gasteiger partial charge is 0.0740 e. The molecule has 0 aromatic heterocycles. The van der Waals surface area contributed by atoms with Gasteiger partial charge in [0.1, 0.15) is 0 Å². The van der Waals surface area contributed by atoms with E-state index in [9.17, 15) is 0 Å². The van der Waals surface area contributed by atoms with Crippen molar-refractivity contribution in [2.24, 2.45) is 11.7 Å². The Morgan fingerprint density at radius 3 is 2.71 bits per heavy atom. The topological polar surface area (TPSA) is 49.5 Å². The van der Waals surface area contributed by atoms with E-state index < -0.39 is 0 Å². The molecule has 0 bridgehead atoms. The molecule has 0 heterocycles. The maximum absolute atomic E-state index is 8.99. The molecule has 1 aliphatic rings. The molecular formula is C10H20N2OS. The molecule has 82 valence electrons. The Labute approximate surface area is 91.3 Å². The van der Waals surface area contributed by atoms with Gasteiger partial charge in [-0.15, -0.1) is 0 Å². The van der Waals surface area contributed by atoms with Crippen LogP contribution in [0.25, 0.3) is 0 Å². The molecule has 1 rings (SSSR count). The van der Waals surface area contributed by atoms with Crippen molar-refractivity contribution in [3.8, 4) is 0 Å². The summed E-state index contributed by atoms with van der Waals surface area (Å²) >= 11 is 4.86. The van der Waals surface area contributed by atoms with Crippen LogP contribution in [0.1, 0.15) is 26.2 Å². The number of nitrogens with two attached hydrogens (primary N) is 1. The average molecular weight is 216 g/mol. The Morgan fingerprint density at radius 2 is 2.29 bits per heavy atom. The van der Waals surface area contributed by atoms with E-state index in [2.05, 4.69) is 11.8 Å². The summed E-state index contributed by atoms with van der Waals surface area (Å²) in [5.74, 6) is 0.349. The van der Waals surface area contributed by atoms with Crippen LogP contribution in [-0.2, 0) is 0 Å². The van der Waals surface area contributed by atoms with Gasteiger partial charge < -0.3 is 10.8 Å².